The molecule has 0 aliphatic heterocycles. The van der Waals surface area contributed by atoms with E-state index in [1.807, 2.05) is 12.1 Å². The molecule has 5 heteroatoms. The van der Waals surface area contributed by atoms with Crippen LogP contribution in [-0.2, 0) is 6.54 Å². The predicted octanol–water partition coefficient (Wildman–Crippen LogP) is 4.15. The van der Waals surface area contributed by atoms with E-state index in [0.717, 1.165) is 26.8 Å². The highest BCUT2D eigenvalue weighted by molar-refractivity contribution is 9.11. The van der Waals surface area contributed by atoms with Crippen molar-refractivity contribution in [1.29, 1.82) is 0 Å². The van der Waals surface area contributed by atoms with Crippen LogP contribution in [0.25, 0.3) is 10.9 Å². The summed E-state index contributed by atoms with van der Waals surface area (Å²) in [4.78, 5) is 1.76. The highest BCUT2D eigenvalue weighted by Crippen LogP contribution is 2.26. The molecule has 2 aromatic heterocycles. The second kappa shape index (κ2) is 5.07. The largest absolute Gasteiger partial charge is 0.389 e. The van der Waals surface area contributed by atoms with Crippen molar-refractivity contribution >= 4 is 55.4 Å². The fraction of sp³-hybridized carbons (Fsp3) is 0.0714. The number of thiocarbonyl (C=S) groups is 1. The van der Waals surface area contributed by atoms with Crippen molar-refractivity contribution in [2.24, 2.45) is 5.73 Å². The van der Waals surface area contributed by atoms with Crippen LogP contribution in [0.15, 0.2) is 46.4 Å². The van der Waals surface area contributed by atoms with Gasteiger partial charge in [-0.25, -0.2) is 0 Å². The highest BCUT2D eigenvalue weighted by atomic mass is 79.9. The van der Waals surface area contributed by atoms with E-state index < -0.39 is 0 Å². The van der Waals surface area contributed by atoms with Gasteiger partial charge in [0.05, 0.1) is 10.3 Å². The first-order valence-electron chi connectivity index (χ1n) is 5.77. The fourth-order valence-electron chi connectivity index (χ4n) is 2.18. The van der Waals surface area contributed by atoms with E-state index in [0.29, 0.717) is 4.99 Å². The van der Waals surface area contributed by atoms with Crippen LogP contribution >= 0.6 is 39.5 Å². The molecule has 0 aliphatic carbocycles. The minimum Gasteiger partial charge on any atom is -0.389 e. The maximum atomic E-state index is 5.76. The zero-order valence-electron chi connectivity index (χ0n) is 9.97. The number of rotatable bonds is 3. The van der Waals surface area contributed by atoms with E-state index in [9.17, 15) is 0 Å². The molecule has 1 aromatic carbocycles. The Balaban J connectivity index is 2.06. The molecule has 0 amide bonds. The van der Waals surface area contributed by atoms with Gasteiger partial charge in [-0.05, 0) is 40.2 Å². The van der Waals surface area contributed by atoms with Gasteiger partial charge in [0.2, 0.25) is 0 Å². The molecule has 2 N–H and O–H groups in total. The maximum Gasteiger partial charge on any atom is 0.104 e. The predicted molar refractivity (Wildman–Crippen MR) is 88.9 cm³/mol. The molecule has 2 nitrogen and oxygen atoms in total. The van der Waals surface area contributed by atoms with Crippen LogP contribution in [0, 0.1) is 0 Å². The van der Waals surface area contributed by atoms with Crippen LogP contribution in [0.4, 0.5) is 0 Å². The Morgan fingerprint density at radius 3 is 2.79 bits per heavy atom. The molecule has 0 aliphatic rings. The fourth-order valence-corrected chi connectivity index (χ4v) is 3.84. The third-order valence-electron chi connectivity index (χ3n) is 3.03. The molecular formula is C14H11BrN2S2. The smallest absolute Gasteiger partial charge is 0.104 e. The summed E-state index contributed by atoms with van der Waals surface area (Å²) in [7, 11) is 0. The lowest BCUT2D eigenvalue weighted by atomic mass is 10.1. The Kier molecular flexibility index (Phi) is 3.43. The first kappa shape index (κ1) is 12.8. The molecule has 2 heterocycles. The Bertz CT molecular complexity index is 758. The Morgan fingerprint density at radius 1 is 1.26 bits per heavy atom. The van der Waals surface area contributed by atoms with Crippen molar-refractivity contribution in [3.63, 3.8) is 0 Å². The lowest BCUT2D eigenvalue weighted by molar-refractivity contribution is 0.851. The average Bonchev–Trinajstić information content (AvgIpc) is 2.97. The van der Waals surface area contributed by atoms with E-state index in [1.165, 1.54) is 4.88 Å². The molecule has 0 atom stereocenters. The standard InChI is InChI=1S/C14H11BrN2S2/c15-13-5-4-9(19-13)8-17-7-6-10-11(14(16)18)2-1-3-12(10)17/h1-7H,8H2,(H2,16,18). The first-order chi connectivity index (χ1) is 9.15. The number of aromatic nitrogens is 1. The SMILES string of the molecule is NC(=S)c1cccc2c1ccn2Cc1ccc(Br)s1. The molecule has 0 saturated carbocycles. The molecule has 0 unspecified atom stereocenters. The van der Waals surface area contributed by atoms with Crippen molar-refractivity contribution in [3.05, 3.63) is 56.8 Å². The zero-order chi connectivity index (χ0) is 13.4. The van der Waals surface area contributed by atoms with Crippen molar-refractivity contribution in [1.82, 2.24) is 4.57 Å². The molecule has 3 aromatic rings. The van der Waals surface area contributed by atoms with Crippen LogP contribution in [0.3, 0.4) is 0 Å². The van der Waals surface area contributed by atoms with Gasteiger partial charge in [0.1, 0.15) is 4.99 Å². The van der Waals surface area contributed by atoms with Gasteiger partial charge in [0.15, 0.2) is 0 Å². The summed E-state index contributed by atoms with van der Waals surface area (Å²) >= 11 is 10.3. The van der Waals surface area contributed by atoms with E-state index >= 15 is 0 Å². The number of benzene rings is 1. The zero-order valence-corrected chi connectivity index (χ0v) is 13.2. The lowest BCUT2D eigenvalue weighted by Crippen LogP contribution is -2.09. The minimum absolute atomic E-state index is 0.446. The summed E-state index contributed by atoms with van der Waals surface area (Å²) in [6, 6.07) is 12.4. The number of hydrogen-bond acceptors (Lipinski definition) is 2. The molecular weight excluding hydrogens is 340 g/mol. The Labute approximate surface area is 129 Å². The van der Waals surface area contributed by atoms with Crippen molar-refractivity contribution in [2.75, 3.05) is 0 Å². The van der Waals surface area contributed by atoms with Crippen LogP contribution < -0.4 is 5.73 Å². The van der Waals surface area contributed by atoms with Crippen LogP contribution in [0.5, 0.6) is 0 Å². The second-order valence-corrected chi connectivity index (χ2v) is 7.24. The summed E-state index contributed by atoms with van der Waals surface area (Å²) in [6.07, 6.45) is 2.08. The van der Waals surface area contributed by atoms with Crippen molar-refractivity contribution in [3.8, 4) is 0 Å². The molecule has 0 saturated heterocycles. The number of thiophene rings is 1. The van der Waals surface area contributed by atoms with Gasteiger partial charge >= 0.3 is 0 Å². The Hall–Kier alpha value is -1.17. The number of hydrogen-bond donors (Lipinski definition) is 1. The summed E-state index contributed by atoms with van der Waals surface area (Å²) in [5.74, 6) is 0. The minimum atomic E-state index is 0.446. The quantitative estimate of drug-likeness (QED) is 0.719. The monoisotopic (exact) mass is 350 g/mol. The van der Waals surface area contributed by atoms with Gasteiger partial charge < -0.3 is 10.3 Å². The number of nitrogens with two attached hydrogens (primary N) is 1. The van der Waals surface area contributed by atoms with Gasteiger partial charge in [0.25, 0.3) is 0 Å². The average molecular weight is 351 g/mol. The van der Waals surface area contributed by atoms with Gasteiger partial charge in [0, 0.05) is 27.5 Å². The highest BCUT2D eigenvalue weighted by Gasteiger charge is 2.08. The van der Waals surface area contributed by atoms with E-state index in [4.69, 9.17) is 18.0 Å². The van der Waals surface area contributed by atoms with E-state index in [1.54, 1.807) is 11.3 Å². The summed E-state index contributed by atoms with van der Waals surface area (Å²) in [6.45, 7) is 0.862. The topological polar surface area (TPSA) is 30.9 Å². The lowest BCUT2D eigenvalue weighted by Gasteiger charge is -2.05. The van der Waals surface area contributed by atoms with Crippen molar-refractivity contribution in [2.45, 2.75) is 6.54 Å². The Morgan fingerprint density at radius 2 is 2.11 bits per heavy atom. The maximum absolute atomic E-state index is 5.76. The first-order valence-corrected chi connectivity index (χ1v) is 7.79. The number of nitrogens with zero attached hydrogens (tertiary/aromatic N) is 1. The third kappa shape index (κ3) is 2.45. The molecule has 0 bridgehead atoms. The van der Waals surface area contributed by atoms with E-state index in [2.05, 4.69) is 51.0 Å². The number of halogens is 1. The summed E-state index contributed by atoms with van der Waals surface area (Å²) in [5, 5.41) is 1.12. The van der Waals surface area contributed by atoms with Crippen molar-refractivity contribution < 1.29 is 0 Å². The van der Waals surface area contributed by atoms with Crippen LogP contribution in [-0.4, -0.2) is 9.56 Å². The molecule has 3 rings (SSSR count). The third-order valence-corrected chi connectivity index (χ3v) is 4.86. The molecule has 96 valence electrons. The normalized spacial score (nSPS) is 11.0. The van der Waals surface area contributed by atoms with Gasteiger partial charge in [-0.1, -0.05) is 24.4 Å². The van der Waals surface area contributed by atoms with Crippen LogP contribution in [0.1, 0.15) is 10.4 Å². The molecule has 19 heavy (non-hydrogen) atoms. The molecule has 0 spiro atoms. The van der Waals surface area contributed by atoms with Crippen LogP contribution in [0.2, 0.25) is 0 Å². The van der Waals surface area contributed by atoms with Gasteiger partial charge in [-0.3, -0.25) is 0 Å². The molecule has 0 radical (unpaired) electrons. The van der Waals surface area contributed by atoms with Gasteiger partial charge in [-0.2, -0.15) is 0 Å². The summed E-state index contributed by atoms with van der Waals surface area (Å²) < 4.78 is 3.37. The second-order valence-electron chi connectivity index (χ2n) is 4.25. The van der Waals surface area contributed by atoms with Gasteiger partial charge in [-0.15, -0.1) is 11.3 Å². The van der Waals surface area contributed by atoms with E-state index in [-0.39, 0.29) is 0 Å². The number of fused-ring (bicyclic) bond motifs is 1. The molecule has 0 fully saturated rings. The summed E-state index contributed by atoms with van der Waals surface area (Å²) in [5.41, 5.74) is 7.87.